The summed E-state index contributed by atoms with van der Waals surface area (Å²) in [6.45, 7) is 2.69. The van der Waals surface area contributed by atoms with E-state index >= 15 is 0 Å². The molecular weight excluding hydrogens is 150 g/mol. The van der Waals surface area contributed by atoms with Crippen LogP contribution in [0.2, 0.25) is 0 Å². The maximum atomic E-state index is 7.88. The summed E-state index contributed by atoms with van der Waals surface area (Å²) in [5.41, 5.74) is 5.17. The van der Waals surface area contributed by atoms with Crippen LogP contribution in [0.5, 0.6) is 0 Å². The van der Waals surface area contributed by atoms with Gasteiger partial charge in [-0.15, -0.1) is 0 Å². The first-order chi connectivity index (χ1) is 5.41. The number of hydrogen-bond donors (Lipinski definition) is 2. The fraction of sp³-hybridized carbons (Fsp3) is 1.00. The molecule has 0 rings (SSSR count). The summed E-state index contributed by atoms with van der Waals surface area (Å²) >= 11 is 0. The molecule has 0 unspecified atom stereocenters. The van der Waals surface area contributed by atoms with Gasteiger partial charge in [0, 0.05) is 6.54 Å². The Balaban J connectivity index is 2.69. The summed E-state index contributed by atoms with van der Waals surface area (Å²) in [6, 6.07) is 0. The lowest BCUT2D eigenvalue weighted by Gasteiger charge is -2.02. The summed E-state index contributed by atoms with van der Waals surface area (Å²) < 4.78 is 9.98. The van der Waals surface area contributed by atoms with Crippen molar-refractivity contribution in [2.45, 2.75) is 0 Å². The van der Waals surface area contributed by atoms with Gasteiger partial charge in [0.15, 0.2) is 0 Å². The highest BCUT2D eigenvalue weighted by molar-refractivity contribution is 4.32. The largest absolute Gasteiger partial charge is 0.378 e. The smallest absolute Gasteiger partial charge is 0.105 e. The molecule has 0 saturated heterocycles. The lowest BCUT2D eigenvalue weighted by Crippen LogP contribution is -2.13. The summed E-state index contributed by atoms with van der Waals surface area (Å²) in [4.78, 5) is 3.78. The molecule has 0 bridgehead atoms. The van der Waals surface area contributed by atoms with E-state index in [9.17, 15) is 0 Å². The molecule has 0 aliphatic heterocycles. The zero-order valence-corrected chi connectivity index (χ0v) is 6.49. The molecule has 68 valence electrons. The zero-order valence-electron chi connectivity index (χ0n) is 6.49. The predicted molar refractivity (Wildman–Crippen MR) is 39.3 cm³/mol. The molecule has 0 aromatic heterocycles. The molecule has 0 aliphatic carbocycles. The van der Waals surface area contributed by atoms with Crippen molar-refractivity contribution >= 4 is 0 Å². The van der Waals surface area contributed by atoms with Crippen LogP contribution in [0.4, 0.5) is 0 Å². The lowest BCUT2D eigenvalue weighted by atomic mass is 10.7. The molecule has 0 aromatic carbocycles. The second-order valence-electron chi connectivity index (χ2n) is 1.85. The van der Waals surface area contributed by atoms with Crippen molar-refractivity contribution < 1.29 is 19.6 Å². The van der Waals surface area contributed by atoms with Crippen molar-refractivity contribution in [1.82, 2.24) is 0 Å². The van der Waals surface area contributed by atoms with Crippen molar-refractivity contribution in [3.05, 3.63) is 0 Å². The Morgan fingerprint density at radius 1 is 0.909 bits per heavy atom. The summed E-state index contributed by atoms with van der Waals surface area (Å²) in [5, 5.41) is 7.88. The van der Waals surface area contributed by atoms with Gasteiger partial charge in [-0.05, 0) is 0 Å². The molecule has 0 amide bonds. The summed E-state index contributed by atoms with van der Waals surface area (Å²) in [7, 11) is 0. The monoisotopic (exact) mass is 165 g/mol. The molecule has 0 radical (unpaired) electrons. The maximum Gasteiger partial charge on any atom is 0.105 e. The first kappa shape index (κ1) is 10.8. The Kier molecular flexibility index (Phi) is 9.62. The Labute approximate surface area is 66.0 Å². The van der Waals surface area contributed by atoms with Crippen molar-refractivity contribution in [1.29, 1.82) is 0 Å². The highest BCUT2D eigenvalue weighted by Crippen LogP contribution is 1.77. The van der Waals surface area contributed by atoms with Crippen LogP contribution in [0.25, 0.3) is 0 Å². The molecule has 0 aliphatic rings. The molecule has 0 atom stereocenters. The van der Waals surface area contributed by atoms with Crippen molar-refractivity contribution in [3.8, 4) is 0 Å². The van der Waals surface area contributed by atoms with E-state index in [4.69, 9.17) is 20.5 Å². The number of rotatable bonds is 8. The molecule has 5 nitrogen and oxygen atoms in total. The van der Waals surface area contributed by atoms with Gasteiger partial charge in [0.2, 0.25) is 0 Å². The minimum Gasteiger partial charge on any atom is -0.378 e. The Hall–Kier alpha value is -0.200. The average Bonchev–Trinajstić information content (AvgIpc) is 2.03. The van der Waals surface area contributed by atoms with E-state index in [2.05, 4.69) is 4.89 Å². The maximum absolute atomic E-state index is 7.88. The molecule has 0 fully saturated rings. The fourth-order valence-electron chi connectivity index (χ4n) is 0.502. The third-order valence-electron chi connectivity index (χ3n) is 0.953. The summed E-state index contributed by atoms with van der Waals surface area (Å²) in [6.07, 6.45) is 0. The van der Waals surface area contributed by atoms with Crippen LogP contribution < -0.4 is 5.73 Å². The third-order valence-corrected chi connectivity index (χ3v) is 0.953. The predicted octanol–water partition coefficient (Wildman–Crippen LogP) is -0.532. The zero-order chi connectivity index (χ0) is 8.36. The summed E-state index contributed by atoms with van der Waals surface area (Å²) in [5.74, 6) is 0. The highest BCUT2D eigenvalue weighted by atomic mass is 17.1. The van der Waals surface area contributed by atoms with E-state index < -0.39 is 0 Å². The van der Waals surface area contributed by atoms with E-state index in [1.54, 1.807) is 0 Å². The third kappa shape index (κ3) is 9.80. The quantitative estimate of drug-likeness (QED) is 0.287. The van der Waals surface area contributed by atoms with Gasteiger partial charge in [-0.1, -0.05) is 0 Å². The number of ether oxygens (including phenoxy) is 2. The number of hydrogen-bond acceptors (Lipinski definition) is 5. The van der Waals surface area contributed by atoms with Crippen molar-refractivity contribution in [2.24, 2.45) is 5.73 Å². The second kappa shape index (κ2) is 9.80. The Bertz CT molecular complexity index is 63.6. The van der Waals surface area contributed by atoms with Gasteiger partial charge in [0.1, 0.15) is 6.61 Å². The highest BCUT2D eigenvalue weighted by Gasteiger charge is 1.88. The molecular formula is C6H15NO4. The van der Waals surface area contributed by atoms with Crippen LogP contribution in [-0.4, -0.2) is 44.8 Å². The molecule has 5 heteroatoms. The van der Waals surface area contributed by atoms with E-state index in [0.717, 1.165) is 0 Å². The minimum atomic E-state index is 0.191. The normalized spacial score (nSPS) is 10.4. The van der Waals surface area contributed by atoms with Crippen molar-refractivity contribution in [2.75, 3.05) is 39.6 Å². The van der Waals surface area contributed by atoms with Crippen LogP contribution >= 0.6 is 0 Å². The second-order valence-corrected chi connectivity index (χ2v) is 1.85. The first-order valence-corrected chi connectivity index (χ1v) is 3.53. The Morgan fingerprint density at radius 3 is 2.00 bits per heavy atom. The molecule has 0 heterocycles. The topological polar surface area (TPSA) is 73.9 Å². The Morgan fingerprint density at radius 2 is 1.45 bits per heavy atom. The van der Waals surface area contributed by atoms with Gasteiger partial charge in [-0.2, -0.15) is 0 Å². The van der Waals surface area contributed by atoms with Gasteiger partial charge >= 0.3 is 0 Å². The van der Waals surface area contributed by atoms with E-state index in [1.807, 2.05) is 0 Å². The lowest BCUT2D eigenvalue weighted by molar-refractivity contribution is -0.249. The van der Waals surface area contributed by atoms with E-state index in [0.29, 0.717) is 33.0 Å². The van der Waals surface area contributed by atoms with Crippen LogP contribution in [0.1, 0.15) is 0 Å². The standard InChI is InChI=1S/C6H15NO4/c7-1-2-9-3-4-10-5-6-11-8/h8H,1-7H2. The molecule has 0 saturated carbocycles. The molecule has 0 aromatic rings. The van der Waals surface area contributed by atoms with Crippen molar-refractivity contribution in [3.63, 3.8) is 0 Å². The van der Waals surface area contributed by atoms with Crippen LogP contribution in [-0.2, 0) is 14.4 Å². The van der Waals surface area contributed by atoms with Crippen LogP contribution in [0.3, 0.4) is 0 Å². The van der Waals surface area contributed by atoms with E-state index in [-0.39, 0.29) is 6.61 Å². The average molecular weight is 165 g/mol. The van der Waals surface area contributed by atoms with Crippen LogP contribution in [0.15, 0.2) is 0 Å². The first-order valence-electron chi connectivity index (χ1n) is 3.53. The van der Waals surface area contributed by atoms with Crippen LogP contribution in [0, 0.1) is 0 Å². The van der Waals surface area contributed by atoms with Gasteiger partial charge < -0.3 is 15.2 Å². The molecule has 0 spiro atoms. The molecule has 11 heavy (non-hydrogen) atoms. The van der Waals surface area contributed by atoms with Gasteiger partial charge in [-0.25, -0.2) is 4.89 Å². The molecule has 3 N–H and O–H groups in total. The fourth-order valence-corrected chi connectivity index (χ4v) is 0.502. The van der Waals surface area contributed by atoms with Gasteiger partial charge in [0.05, 0.1) is 26.4 Å². The van der Waals surface area contributed by atoms with E-state index in [1.165, 1.54) is 0 Å². The minimum absolute atomic E-state index is 0.191. The number of nitrogens with two attached hydrogens (primary N) is 1. The van der Waals surface area contributed by atoms with Gasteiger partial charge in [0.25, 0.3) is 0 Å². The van der Waals surface area contributed by atoms with Gasteiger partial charge in [-0.3, -0.25) is 5.26 Å². The SMILES string of the molecule is NCCOCCOCCOO.